The van der Waals surface area contributed by atoms with Gasteiger partial charge in [-0.1, -0.05) is 32.1 Å². The molecule has 0 saturated heterocycles. The Labute approximate surface area is 191 Å². The average Bonchev–Trinajstić information content (AvgIpc) is 2.79. The molecule has 0 aromatic carbocycles. The van der Waals surface area contributed by atoms with E-state index in [2.05, 4.69) is 20.4 Å². The van der Waals surface area contributed by atoms with Gasteiger partial charge in [-0.3, -0.25) is 0 Å². The van der Waals surface area contributed by atoms with Crippen molar-refractivity contribution in [3.8, 4) is 5.75 Å². The molecule has 5 heteroatoms. The summed E-state index contributed by atoms with van der Waals surface area (Å²) < 4.78 is 12.3. The maximum absolute atomic E-state index is 13.0. The van der Waals surface area contributed by atoms with Gasteiger partial charge >= 0.3 is 5.63 Å². The Hall–Kier alpha value is -1.85. The van der Waals surface area contributed by atoms with E-state index in [0.717, 1.165) is 36.8 Å². The number of aliphatic hydroxyl groups excluding tert-OH is 2. The normalized spacial score (nSPS) is 35.4. The molecular formula is C27H38O5. The minimum absolute atomic E-state index is 0.0216. The van der Waals surface area contributed by atoms with Crippen LogP contribution >= 0.6 is 0 Å². The molecule has 0 spiro atoms. The zero-order valence-electron chi connectivity index (χ0n) is 20.2. The van der Waals surface area contributed by atoms with Crippen molar-refractivity contribution in [2.75, 3.05) is 6.61 Å². The fourth-order valence-electron chi connectivity index (χ4n) is 7.14. The molecule has 5 nitrogen and oxygen atoms in total. The summed E-state index contributed by atoms with van der Waals surface area (Å²) in [6.45, 7) is 14.6. The van der Waals surface area contributed by atoms with Gasteiger partial charge in [-0.05, 0) is 82.1 Å². The summed E-state index contributed by atoms with van der Waals surface area (Å²) in [6.07, 6.45) is 5.99. The Kier molecular flexibility index (Phi) is 5.96. The third kappa shape index (κ3) is 3.58. The number of hydrogen-bond acceptors (Lipinski definition) is 5. The Bertz CT molecular complexity index is 1000. The lowest BCUT2D eigenvalue weighted by atomic mass is 9.45. The van der Waals surface area contributed by atoms with Crippen LogP contribution in [0, 0.1) is 36.5 Å². The van der Waals surface area contributed by atoms with E-state index in [-0.39, 0.29) is 35.1 Å². The van der Waals surface area contributed by atoms with Crippen LogP contribution < -0.4 is 10.4 Å². The van der Waals surface area contributed by atoms with Crippen LogP contribution in [0.1, 0.15) is 69.8 Å². The van der Waals surface area contributed by atoms with Gasteiger partial charge in [0.2, 0.25) is 0 Å². The number of ether oxygens (including phenoxy) is 1. The molecule has 6 atom stereocenters. The Morgan fingerprint density at radius 1 is 1.31 bits per heavy atom. The lowest BCUT2D eigenvalue weighted by Crippen LogP contribution is -2.58. The average molecular weight is 443 g/mol. The third-order valence-electron chi connectivity index (χ3n) is 8.99. The quantitative estimate of drug-likeness (QED) is 0.664. The van der Waals surface area contributed by atoms with E-state index < -0.39 is 6.10 Å². The molecule has 0 amide bonds. The van der Waals surface area contributed by atoms with Crippen molar-refractivity contribution in [2.24, 2.45) is 22.7 Å². The molecule has 2 aliphatic heterocycles. The fourth-order valence-corrected chi connectivity index (χ4v) is 7.14. The highest BCUT2D eigenvalue weighted by Crippen LogP contribution is 2.64. The number of rotatable bonds is 4. The lowest BCUT2D eigenvalue weighted by Gasteiger charge is -2.60. The predicted molar refractivity (Wildman–Crippen MR) is 125 cm³/mol. The molecule has 1 aromatic rings. The van der Waals surface area contributed by atoms with Crippen LogP contribution in [0.5, 0.6) is 5.75 Å². The molecular weight excluding hydrogens is 404 g/mol. The molecule has 2 aliphatic carbocycles. The molecule has 1 aromatic heterocycles. The van der Waals surface area contributed by atoms with Crippen LogP contribution in [0.15, 0.2) is 33.0 Å². The van der Waals surface area contributed by atoms with Gasteiger partial charge < -0.3 is 19.4 Å². The van der Waals surface area contributed by atoms with Crippen LogP contribution in [-0.4, -0.2) is 29.0 Å². The second kappa shape index (κ2) is 8.18. The Morgan fingerprint density at radius 3 is 2.72 bits per heavy atom. The van der Waals surface area contributed by atoms with Crippen LogP contribution in [0.2, 0.25) is 0 Å². The van der Waals surface area contributed by atoms with Crippen molar-refractivity contribution in [2.45, 2.75) is 85.4 Å². The van der Waals surface area contributed by atoms with Gasteiger partial charge in [0, 0.05) is 11.0 Å². The number of hydrogen-bond donors (Lipinski definition) is 2. The molecule has 6 unspecified atom stereocenters. The second-order valence-electron chi connectivity index (χ2n) is 11.0. The zero-order valence-corrected chi connectivity index (χ0v) is 20.2. The molecule has 32 heavy (non-hydrogen) atoms. The monoisotopic (exact) mass is 442 g/mol. The van der Waals surface area contributed by atoms with Crippen molar-refractivity contribution in [1.82, 2.24) is 0 Å². The minimum atomic E-state index is -0.659. The van der Waals surface area contributed by atoms with Gasteiger partial charge in [0.1, 0.15) is 17.6 Å². The van der Waals surface area contributed by atoms with E-state index in [1.54, 1.807) is 6.08 Å². The highest BCUT2D eigenvalue weighted by molar-refractivity contribution is 5.42. The summed E-state index contributed by atoms with van der Waals surface area (Å²) >= 11 is 0. The second-order valence-corrected chi connectivity index (χ2v) is 11.0. The standard InChI is InChI=1S/C27H38O5/c1-15(14-28)11-19(29)13-27(6)22-8-7-16(2)21-12-20-24(17(3)18(4)31-25(20)30)32-23(27)9-10-26(21,22)5/h11,19,21-23,28-29H,2,7-10,12-14H2,1,3-6H3/b15-11+. The maximum Gasteiger partial charge on any atom is 0.342 e. The summed E-state index contributed by atoms with van der Waals surface area (Å²) in [5.74, 6) is 1.79. The van der Waals surface area contributed by atoms with Crippen LogP contribution in [0.4, 0.5) is 0 Å². The molecule has 2 saturated carbocycles. The molecule has 176 valence electrons. The Morgan fingerprint density at radius 2 is 2.03 bits per heavy atom. The summed E-state index contributed by atoms with van der Waals surface area (Å²) in [4.78, 5) is 13.0. The van der Waals surface area contributed by atoms with Gasteiger partial charge in [-0.25, -0.2) is 4.79 Å². The van der Waals surface area contributed by atoms with E-state index >= 15 is 0 Å². The van der Waals surface area contributed by atoms with Crippen LogP contribution in [-0.2, 0) is 6.42 Å². The lowest BCUT2D eigenvalue weighted by molar-refractivity contribution is -0.132. The van der Waals surface area contributed by atoms with Crippen molar-refractivity contribution in [1.29, 1.82) is 0 Å². The summed E-state index contributed by atoms with van der Waals surface area (Å²) in [5.41, 5.74) is 2.90. The van der Waals surface area contributed by atoms with Crippen molar-refractivity contribution >= 4 is 0 Å². The maximum atomic E-state index is 13.0. The topological polar surface area (TPSA) is 79.9 Å². The van der Waals surface area contributed by atoms with Crippen molar-refractivity contribution < 1.29 is 19.4 Å². The van der Waals surface area contributed by atoms with Gasteiger partial charge in [-0.2, -0.15) is 0 Å². The van der Waals surface area contributed by atoms with E-state index in [9.17, 15) is 15.0 Å². The Balaban J connectivity index is 1.89. The molecule has 3 heterocycles. The summed E-state index contributed by atoms with van der Waals surface area (Å²) in [7, 11) is 0. The van der Waals surface area contributed by atoms with Gasteiger partial charge in [0.05, 0.1) is 18.3 Å². The predicted octanol–water partition coefficient (Wildman–Crippen LogP) is 4.64. The molecule has 2 fully saturated rings. The molecule has 5 rings (SSSR count). The van der Waals surface area contributed by atoms with Gasteiger partial charge in [-0.15, -0.1) is 0 Å². The van der Waals surface area contributed by atoms with Crippen LogP contribution in [0.25, 0.3) is 0 Å². The van der Waals surface area contributed by atoms with Gasteiger partial charge in [0.25, 0.3) is 0 Å². The van der Waals surface area contributed by atoms with E-state index in [0.29, 0.717) is 35.8 Å². The largest absolute Gasteiger partial charge is 0.489 e. The van der Waals surface area contributed by atoms with E-state index in [4.69, 9.17) is 9.15 Å². The van der Waals surface area contributed by atoms with Crippen LogP contribution in [0.3, 0.4) is 0 Å². The first-order chi connectivity index (χ1) is 15.0. The minimum Gasteiger partial charge on any atom is -0.489 e. The molecule has 2 N–H and O–H groups in total. The van der Waals surface area contributed by atoms with E-state index in [1.807, 2.05) is 20.8 Å². The first-order valence-corrected chi connectivity index (χ1v) is 11.9. The first-order valence-electron chi connectivity index (χ1n) is 11.9. The number of aliphatic hydroxyl groups is 2. The molecule has 0 radical (unpaired) electrons. The zero-order chi connectivity index (χ0) is 23.4. The highest BCUT2D eigenvalue weighted by atomic mass is 16.5. The number of allylic oxidation sites excluding steroid dienone is 1. The molecule has 4 aliphatic rings. The highest BCUT2D eigenvalue weighted by Gasteiger charge is 2.60. The number of fused-ring (bicyclic) bond motifs is 1. The van der Waals surface area contributed by atoms with Crippen molar-refractivity contribution in [3.05, 3.63) is 51.1 Å². The van der Waals surface area contributed by atoms with E-state index in [1.165, 1.54) is 5.57 Å². The van der Waals surface area contributed by atoms with Gasteiger partial charge in [0.15, 0.2) is 0 Å². The molecule has 4 bridgehead atoms. The fraction of sp³-hybridized carbons (Fsp3) is 0.667. The summed E-state index contributed by atoms with van der Waals surface area (Å²) in [6, 6.07) is 0. The smallest absolute Gasteiger partial charge is 0.342 e. The first kappa shape index (κ1) is 23.3. The third-order valence-corrected chi connectivity index (χ3v) is 8.99. The summed E-state index contributed by atoms with van der Waals surface area (Å²) in [5, 5.41) is 20.4. The number of aryl methyl sites for hydroxylation is 1. The van der Waals surface area contributed by atoms with Crippen molar-refractivity contribution in [3.63, 3.8) is 0 Å². The SMILES string of the molecule is C=C1CCC2C(C)(CC(O)/C=C(\C)CO)C3CCC2(C)C1Cc1c(c(C)c(C)oc1=O)O3.